The molecule has 0 saturated carbocycles. The Bertz CT molecular complexity index is 637. The van der Waals surface area contributed by atoms with Crippen LogP contribution in [-0.2, 0) is 12.8 Å². The van der Waals surface area contributed by atoms with Crippen molar-refractivity contribution in [2.75, 3.05) is 0 Å². The van der Waals surface area contributed by atoms with Gasteiger partial charge in [-0.25, -0.2) is 9.97 Å². The van der Waals surface area contributed by atoms with Crippen molar-refractivity contribution in [1.29, 1.82) is 0 Å². The van der Waals surface area contributed by atoms with Gasteiger partial charge in [-0.3, -0.25) is 4.79 Å². The molecule has 0 spiro atoms. The van der Waals surface area contributed by atoms with Crippen LogP contribution in [-0.4, -0.2) is 21.0 Å². The molecule has 0 saturated heterocycles. The van der Waals surface area contributed by atoms with E-state index in [1.54, 1.807) is 6.07 Å². The molecule has 0 fully saturated rings. The molecule has 0 bridgehead atoms. The summed E-state index contributed by atoms with van der Waals surface area (Å²) in [4.78, 5) is 23.2. The fourth-order valence-corrected chi connectivity index (χ4v) is 2.73. The topological polar surface area (TPSA) is 84.7 Å². The zero-order valence-electron chi connectivity index (χ0n) is 12.3. The van der Waals surface area contributed by atoms with Crippen LogP contribution in [0.4, 0.5) is 0 Å². The maximum Gasteiger partial charge on any atom is 0.251 e. The van der Waals surface area contributed by atoms with E-state index in [1.807, 2.05) is 25.3 Å². The van der Waals surface area contributed by atoms with Crippen molar-refractivity contribution < 1.29 is 0 Å². The Labute approximate surface area is 128 Å². The van der Waals surface area contributed by atoms with Crippen molar-refractivity contribution in [3.05, 3.63) is 46.0 Å². The summed E-state index contributed by atoms with van der Waals surface area (Å²) in [6, 6.07) is 5.60. The van der Waals surface area contributed by atoms with E-state index in [4.69, 9.17) is 5.73 Å². The third-order valence-corrected chi connectivity index (χ3v) is 3.67. The molecule has 5 nitrogen and oxygen atoms in total. The first-order valence-electron chi connectivity index (χ1n) is 7.05. The minimum atomic E-state index is -0.121. The minimum Gasteiger partial charge on any atom is -0.328 e. The average molecular weight is 304 g/mol. The molecule has 6 heteroatoms. The molecule has 2 aromatic heterocycles. The van der Waals surface area contributed by atoms with Crippen molar-refractivity contribution in [1.82, 2.24) is 15.0 Å². The Morgan fingerprint density at radius 3 is 2.86 bits per heavy atom. The van der Waals surface area contributed by atoms with Crippen molar-refractivity contribution >= 4 is 11.8 Å². The molecule has 1 unspecified atom stereocenters. The van der Waals surface area contributed by atoms with Gasteiger partial charge in [-0.15, -0.1) is 0 Å². The Hall–Kier alpha value is -1.66. The molecule has 3 N–H and O–H groups in total. The van der Waals surface area contributed by atoms with E-state index in [1.165, 1.54) is 11.8 Å². The van der Waals surface area contributed by atoms with Crippen molar-refractivity contribution in [2.24, 2.45) is 5.73 Å². The van der Waals surface area contributed by atoms with E-state index in [2.05, 4.69) is 21.9 Å². The number of rotatable bonds is 6. The van der Waals surface area contributed by atoms with Crippen LogP contribution in [0.2, 0.25) is 0 Å². The highest BCUT2D eigenvalue weighted by Gasteiger charge is 2.05. The standard InChI is InChI=1S/C15H20N4OS/c1-3-4-12-8-13(20)19-15(18-12)21-14-6-5-11(9-17-14)7-10(2)16/h5-6,8-10H,3-4,7,16H2,1-2H3,(H,18,19,20). The van der Waals surface area contributed by atoms with Gasteiger partial charge in [-0.2, -0.15) is 0 Å². The molecular weight excluding hydrogens is 284 g/mol. The minimum absolute atomic E-state index is 0.119. The quantitative estimate of drug-likeness (QED) is 0.799. The molecule has 0 aliphatic rings. The highest BCUT2D eigenvalue weighted by Crippen LogP contribution is 2.22. The van der Waals surface area contributed by atoms with Gasteiger partial charge in [0.15, 0.2) is 5.16 Å². The van der Waals surface area contributed by atoms with Gasteiger partial charge in [0.25, 0.3) is 5.56 Å². The molecule has 0 aromatic carbocycles. The van der Waals surface area contributed by atoms with Gasteiger partial charge in [-0.1, -0.05) is 19.4 Å². The second-order valence-electron chi connectivity index (χ2n) is 5.08. The van der Waals surface area contributed by atoms with Crippen LogP contribution in [0, 0.1) is 0 Å². The largest absolute Gasteiger partial charge is 0.328 e. The highest BCUT2D eigenvalue weighted by atomic mass is 32.2. The van der Waals surface area contributed by atoms with Crippen LogP contribution in [0.25, 0.3) is 0 Å². The second-order valence-corrected chi connectivity index (χ2v) is 6.09. The first-order valence-corrected chi connectivity index (χ1v) is 7.87. The summed E-state index contributed by atoms with van der Waals surface area (Å²) in [7, 11) is 0. The van der Waals surface area contributed by atoms with E-state index in [9.17, 15) is 4.79 Å². The lowest BCUT2D eigenvalue weighted by Gasteiger charge is -2.06. The van der Waals surface area contributed by atoms with Gasteiger partial charge in [0.05, 0.1) is 0 Å². The molecule has 112 valence electrons. The van der Waals surface area contributed by atoms with Crippen LogP contribution in [0.1, 0.15) is 31.5 Å². The smallest absolute Gasteiger partial charge is 0.251 e. The van der Waals surface area contributed by atoms with Gasteiger partial charge in [0, 0.05) is 24.0 Å². The molecule has 1 atom stereocenters. The summed E-state index contributed by atoms with van der Waals surface area (Å²) < 4.78 is 0. The zero-order chi connectivity index (χ0) is 15.2. The van der Waals surface area contributed by atoms with Crippen LogP contribution in [0.5, 0.6) is 0 Å². The summed E-state index contributed by atoms with van der Waals surface area (Å²) in [6.07, 6.45) is 4.39. The fourth-order valence-electron chi connectivity index (χ4n) is 1.98. The highest BCUT2D eigenvalue weighted by molar-refractivity contribution is 7.99. The molecule has 0 radical (unpaired) electrons. The number of hydrogen-bond acceptors (Lipinski definition) is 5. The van der Waals surface area contributed by atoms with Crippen LogP contribution < -0.4 is 11.3 Å². The van der Waals surface area contributed by atoms with Crippen molar-refractivity contribution in [2.45, 2.75) is 49.3 Å². The van der Waals surface area contributed by atoms with Gasteiger partial charge in [-0.05, 0) is 43.2 Å². The first kappa shape index (κ1) is 15.7. The molecule has 0 aliphatic heterocycles. The lowest BCUT2D eigenvalue weighted by atomic mass is 10.1. The lowest BCUT2D eigenvalue weighted by Crippen LogP contribution is -2.17. The summed E-state index contributed by atoms with van der Waals surface area (Å²) in [5.74, 6) is 0. The van der Waals surface area contributed by atoms with Crippen LogP contribution >= 0.6 is 11.8 Å². The SMILES string of the molecule is CCCc1cc(=O)[nH]c(Sc2ccc(CC(C)N)cn2)n1. The van der Waals surface area contributed by atoms with E-state index in [-0.39, 0.29) is 11.6 Å². The third-order valence-electron chi connectivity index (χ3n) is 2.84. The van der Waals surface area contributed by atoms with Crippen molar-refractivity contribution in [3.8, 4) is 0 Å². The monoisotopic (exact) mass is 304 g/mol. The molecule has 0 amide bonds. The number of nitrogens with two attached hydrogens (primary N) is 1. The zero-order valence-corrected chi connectivity index (χ0v) is 13.1. The lowest BCUT2D eigenvalue weighted by molar-refractivity contribution is 0.734. The summed E-state index contributed by atoms with van der Waals surface area (Å²) >= 11 is 1.36. The van der Waals surface area contributed by atoms with E-state index >= 15 is 0 Å². The van der Waals surface area contributed by atoms with Crippen LogP contribution in [0.3, 0.4) is 0 Å². The molecular formula is C15H20N4OS. The van der Waals surface area contributed by atoms with Gasteiger partial charge >= 0.3 is 0 Å². The molecule has 21 heavy (non-hydrogen) atoms. The third kappa shape index (κ3) is 4.99. The predicted octanol–water partition coefficient (Wildman–Crippen LogP) is 2.16. The fraction of sp³-hybridized carbons (Fsp3) is 0.400. The Morgan fingerprint density at radius 1 is 1.43 bits per heavy atom. The summed E-state index contributed by atoms with van der Waals surface area (Å²) in [6.45, 7) is 4.03. The molecule has 2 aromatic rings. The Morgan fingerprint density at radius 2 is 2.24 bits per heavy atom. The Kier molecular flexibility index (Phi) is 5.52. The van der Waals surface area contributed by atoms with Gasteiger partial charge in [0.1, 0.15) is 5.03 Å². The van der Waals surface area contributed by atoms with Crippen LogP contribution in [0.15, 0.2) is 39.4 Å². The van der Waals surface area contributed by atoms with Gasteiger partial charge < -0.3 is 10.7 Å². The number of nitrogens with zero attached hydrogens (tertiary/aromatic N) is 2. The van der Waals surface area contributed by atoms with Crippen molar-refractivity contribution in [3.63, 3.8) is 0 Å². The molecule has 2 rings (SSSR count). The molecule has 0 aliphatic carbocycles. The number of H-pyrrole nitrogens is 1. The number of pyridine rings is 1. The maximum atomic E-state index is 11.6. The number of aromatic amines is 1. The van der Waals surface area contributed by atoms with E-state index in [0.29, 0.717) is 5.16 Å². The Balaban J connectivity index is 2.12. The summed E-state index contributed by atoms with van der Waals surface area (Å²) in [5.41, 5.74) is 7.57. The van der Waals surface area contributed by atoms with E-state index < -0.39 is 0 Å². The van der Waals surface area contributed by atoms with Gasteiger partial charge in [0.2, 0.25) is 0 Å². The van der Waals surface area contributed by atoms with E-state index in [0.717, 1.165) is 35.5 Å². The number of aromatic nitrogens is 3. The second kappa shape index (κ2) is 7.38. The average Bonchev–Trinajstić information content (AvgIpc) is 2.40. The number of aryl methyl sites for hydroxylation is 1. The predicted molar refractivity (Wildman–Crippen MR) is 84.6 cm³/mol. The number of hydrogen-bond donors (Lipinski definition) is 2. The summed E-state index contributed by atoms with van der Waals surface area (Å²) in [5, 5.41) is 1.39. The number of nitrogens with one attached hydrogen (secondary N) is 1. The normalized spacial score (nSPS) is 12.3. The first-order chi connectivity index (χ1) is 10.1. The molecule has 2 heterocycles. The maximum absolute atomic E-state index is 11.6.